The lowest BCUT2D eigenvalue weighted by Crippen LogP contribution is -2.39. The quantitative estimate of drug-likeness (QED) is 0.497. The first-order valence-electron chi connectivity index (χ1n) is 9.52. The normalized spacial score (nSPS) is 16.2. The minimum absolute atomic E-state index is 0.0181. The van der Waals surface area contributed by atoms with Crippen LogP contribution in [-0.2, 0) is 23.2 Å². The van der Waals surface area contributed by atoms with Gasteiger partial charge in [0.15, 0.2) is 5.01 Å². The zero-order valence-corrected chi connectivity index (χ0v) is 19.6. The van der Waals surface area contributed by atoms with Gasteiger partial charge in [0.05, 0.1) is 10.8 Å². The molecule has 8 nitrogen and oxygen atoms in total. The summed E-state index contributed by atoms with van der Waals surface area (Å²) >= 11 is 6.62. The zero-order chi connectivity index (χ0) is 23.4. The summed E-state index contributed by atoms with van der Waals surface area (Å²) in [5.41, 5.74) is 2.58. The Kier molecular flexibility index (Phi) is 5.80. The Morgan fingerprint density at radius 2 is 1.97 bits per heavy atom. The number of pyridine rings is 1. The number of hydrogen-bond donors (Lipinski definition) is 0. The maximum absolute atomic E-state index is 13.0. The van der Waals surface area contributed by atoms with Gasteiger partial charge in [-0.2, -0.15) is 22.6 Å². The first-order chi connectivity index (χ1) is 14.9. The van der Waals surface area contributed by atoms with Gasteiger partial charge in [0.2, 0.25) is 15.0 Å². The van der Waals surface area contributed by atoms with Crippen molar-refractivity contribution in [3.63, 3.8) is 0 Å². The molecule has 0 saturated heterocycles. The molecule has 0 aromatic carbocycles. The first kappa shape index (κ1) is 23.1. The Morgan fingerprint density at radius 1 is 1.25 bits per heavy atom. The molecule has 3 aromatic rings. The largest absolute Gasteiger partial charge is 0.445 e. The smallest absolute Gasteiger partial charge is 0.265 e. The van der Waals surface area contributed by atoms with E-state index >= 15 is 0 Å². The lowest BCUT2D eigenvalue weighted by atomic mass is 9.99. The van der Waals surface area contributed by atoms with E-state index in [1.807, 2.05) is 6.08 Å². The van der Waals surface area contributed by atoms with Crippen molar-refractivity contribution in [2.75, 3.05) is 13.1 Å². The fraction of sp³-hybridized carbons (Fsp3) is 0.444. The third kappa shape index (κ3) is 4.02. The van der Waals surface area contributed by atoms with E-state index in [4.69, 9.17) is 11.6 Å². The summed E-state index contributed by atoms with van der Waals surface area (Å²) in [5, 5.41) is 9.72. The monoisotopic (exact) mass is 506 g/mol. The molecular formula is C18H18ClF3N6O2S2. The van der Waals surface area contributed by atoms with Crippen LogP contribution in [0.4, 0.5) is 13.2 Å². The molecule has 0 atom stereocenters. The van der Waals surface area contributed by atoms with Crippen molar-refractivity contribution in [3.05, 3.63) is 27.9 Å². The molecule has 0 fully saturated rings. The topological polar surface area (TPSA) is 93.9 Å². The number of nitrogens with zero attached hydrogens (tertiary/aromatic N) is 6. The van der Waals surface area contributed by atoms with Crippen LogP contribution in [0.5, 0.6) is 0 Å². The van der Waals surface area contributed by atoms with Crippen molar-refractivity contribution < 1.29 is 21.6 Å². The Bertz CT molecular complexity index is 1330. The second-order valence-corrected chi connectivity index (χ2v) is 11.4. The van der Waals surface area contributed by atoms with Crippen LogP contribution in [0.15, 0.2) is 12.1 Å². The summed E-state index contributed by atoms with van der Waals surface area (Å²) in [6, 6.07) is 1.65. The Morgan fingerprint density at radius 3 is 2.53 bits per heavy atom. The molecule has 32 heavy (non-hydrogen) atoms. The van der Waals surface area contributed by atoms with Gasteiger partial charge < -0.3 is 0 Å². The van der Waals surface area contributed by atoms with Crippen LogP contribution in [0, 0.1) is 0 Å². The van der Waals surface area contributed by atoms with Crippen molar-refractivity contribution in [3.8, 4) is 10.7 Å². The van der Waals surface area contributed by atoms with Crippen molar-refractivity contribution in [1.29, 1.82) is 0 Å². The van der Waals surface area contributed by atoms with Gasteiger partial charge in [0.25, 0.3) is 0 Å². The third-order valence-corrected chi connectivity index (χ3v) is 8.51. The van der Waals surface area contributed by atoms with Crippen LogP contribution in [0.3, 0.4) is 0 Å². The van der Waals surface area contributed by atoms with Gasteiger partial charge in [-0.25, -0.2) is 13.4 Å². The number of sulfonamides is 1. The van der Waals surface area contributed by atoms with Gasteiger partial charge in [-0.3, -0.25) is 4.68 Å². The summed E-state index contributed by atoms with van der Waals surface area (Å²) in [6.07, 6.45) is -2.35. The van der Waals surface area contributed by atoms with Crippen LogP contribution < -0.4 is 0 Å². The van der Waals surface area contributed by atoms with Gasteiger partial charge in [-0.1, -0.05) is 29.0 Å². The number of halogens is 4. The number of fused-ring (bicyclic) bond motifs is 1. The lowest BCUT2D eigenvalue weighted by Gasteiger charge is -2.27. The summed E-state index contributed by atoms with van der Waals surface area (Å²) in [4.78, 5) is 4.28. The van der Waals surface area contributed by atoms with E-state index in [-0.39, 0.29) is 22.4 Å². The van der Waals surface area contributed by atoms with Crippen LogP contribution in [0.1, 0.15) is 30.8 Å². The summed E-state index contributed by atoms with van der Waals surface area (Å²) < 4.78 is 66.7. The van der Waals surface area contributed by atoms with Crippen LogP contribution in [-0.4, -0.2) is 56.0 Å². The second-order valence-electron chi connectivity index (χ2n) is 7.50. The van der Waals surface area contributed by atoms with Crippen molar-refractivity contribution in [1.82, 2.24) is 29.3 Å². The second kappa shape index (κ2) is 8.04. The molecule has 0 aliphatic carbocycles. The number of alkyl halides is 3. The highest BCUT2D eigenvalue weighted by Gasteiger charge is 2.36. The van der Waals surface area contributed by atoms with E-state index in [1.54, 1.807) is 27.0 Å². The van der Waals surface area contributed by atoms with E-state index < -0.39 is 26.5 Å². The maximum Gasteiger partial charge on any atom is 0.445 e. The van der Waals surface area contributed by atoms with Gasteiger partial charge in [-0.15, -0.1) is 10.2 Å². The number of rotatable bonds is 4. The van der Waals surface area contributed by atoms with Crippen molar-refractivity contribution >= 4 is 49.6 Å². The lowest BCUT2D eigenvalue weighted by molar-refractivity contribution is -0.138. The molecular weight excluding hydrogens is 489 g/mol. The average molecular weight is 507 g/mol. The maximum atomic E-state index is 13.0. The predicted octanol–water partition coefficient (Wildman–Crippen LogP) is 3.99. The fourth-order valence-corrected chi connectivity index (χ4v) is 5.61. The van der Waals surface area contributed by atoms with Gasteiger partial charge in [0, 0.05) is 25.7 Å². The zero-order valence-electron chi connectivity index (χ0n) is 17.2. The summed E-state index contributed by atoms with van der Waals surface area (Å²) in [5.74, 6) is 0. The standard InChI is InChI=1S/C18H18ClF3N6O2S2/c1-9(2)32(29,30)28-6-4-10(5-7-28)11-8-12(19)23-13-14(26-27(3)15(11)13)16-24-25-17(31-16)18(20,21)22/h4,8-9H,5-7H2,1-3H3. The van der Waals surface area contributed by atoms with Gasteiger partial charge in [-0.05, 0) is 31.9 Å². The molecule has 172 valence electrons. The molecule has 1 aliphatic rings. The fourth-order valence-electron chi connectivity index (χ4n) is 3.49. The molecule has 3 aromatic heterocycles. The van der Waals surface area contributed by atoms with E-state index in [2.05, 4.69) is 20.3 Å². The highest BCUT2D eigenvalue weighted by Crippen LogP contribution is 2.38. The third-order valence-electron chi connectivity index (χ3n) is 5.10. The van der Waals surface area contributed by atoms with E-state index in [9.17, 15) is 21.6 Å². The summed E-state index contributed by atoms with van der Waals surface area (Å²) in [6.45, 7) is 3.79. The molecule has 0 amide bonds. The number of aromatic nitrogens is 5. The SMILES string of the molecule is CC(C)S(=O)(=O)N1CC=C(c2cc(Cl)nc3c(-c4nnc(C(F)(F)F)s4)nn(C)c23)CC1. The molecule has 0 N–H and O–H groups in total. The van der Waals surface area contributed by atoms with E-state index in [1.165, 1.54) is 8.99 Å². The Hall–Kier alpha value is -2.09. The average Bonchev–Trinajstić information content (AvgIpc) is 3.32. The summed E-state index contributed by atoms with van der Waals surface area (Å²) in [7, 11) is -1.73. The number of hydrogen-bond acceptors (Lipinski definition) is 7. The predicted molar refractivity (Wildman–Crippen MR) is 116 cm³/mol. The van der Waals surface area contributed by atoms with E-state index in [0.717, 1.165) is 5.57 Å². The highest BCUT2D eigenvalue weighted by atomic mass is 35.5. The molecule has 0 spiro atoms. The minimum atomic E-state index is -4.61. The Labute approximate surface area is 190 Å². The molecule has 14 heteroatoms. The van der Waals surface area contributed by atoms with Crippen molar-refractivity contribution in [2.24, 2.45) is 7.05 Å². The first-order valence-corrected chi connectivity index (χ1v) is 12.2. The van der Waals surface area contributed by atoms with Crippen LogP contribution in [0.25, 0.3) is 27.3 Å². The van der Waals surface area contributed by atoms with Crippen LogP contribution >= 0.6 is 22.9 Å². The number of aryl methyl sites for hydroxylation is 1. The molecule has 4 heterocycles. The molecule has 0 saturated carbocycles. The molecule has 0 radical (unpaired) electrons. The highest BCUT2D eigenvalue weighted by molar-refractivity contribution is 7.89. The minimum Gasteiger partial charge on any atom is -0.265 e. The van der Waals surface area contributed by atoms with Crippen LogP contribution in [0.2, 0.25) is 5.15 Å². The van der Waals surface area contributed by atoms with Gasteiger partial charge in [0.1, 0.15) is 16.4 Å². The molecule has 0 unspecified atom stereocenters. The molecule has 0 bridgehead atoms. The van der Waals surface area contributed by atoms with Gasteiger partial charge >= 0.3 is 6.18 Å². The Balaban J connectivity index is 1.78. The van der Waals surface area contributed by atoms with Crippen molar-refractivity contribution in [2.45, 2.75) is 31.7 Å². The molecule has 1 aliphatic heterocycles. The molecule has 4 rings (SSSR count). The van der Waals surface area contributed by atoms with E-state index in [0.29, 0.717) is 40.9 Å².